The van der Waals surface area contributed by atoms with Gasteiger partial charge in [0.15, 0.2) is 0 Å². The molecule has 130 valence electrons. The van der Waals surface area contributed by atoms with Crippen LogP contribution in [0.2, 0.25) is 0 Å². The molecule has 0 aromatic heterocycles. The second kappa shape index (κ2) is 12.7. The Morgan fingerprint density at radius 3 is 1.70 bits per heavy atom. The first-order valence-electron chi connectivity index (χ1n) is 8.05. The van der Waals surface area contributed by atoms with Crippen molar-refractivity contribution in [1.29, 1.82) is 0 Å². The third-order valence-corrected chi connectivity index (χ3v) is 3.28. The van der Waals surface area contributed by atoms with Crippen molar-refractivity contribution in [1.82, 2.24) is 0 Å². The third kappa shape index (κ3) is 14.8. The average Bonchev–Trinajstić information content (AvgIpc) is 2.44. The lowest BCUT2D eigenvalue weighted by molar-refractivity contribution is -0.140. The van der Waals surface area contributed by atoms with E-state index < -0.39 is 0 Å². The number of carbonyl (C=O) groups excluding carboxylic acids is 2. The molecule has 0 radical (unpaired) electrons. The van der Waals surface area contributed by atoms with Crippen LogP contribution < -0.4 is 0 Å². The van der Waals surface area contributed by atoms with E-state index >= 15 is 0 Å². The second-order valence-corrected chi connectivity index (χ2v) is 5.81. The van der Waals surface area contributed by atoms with Crippen molar-refractivity contribution in [2.75, 3.05) is 13.2 Å². The fourth-order valence-electron chi connectivity index (χ4n) is 1.87. The summed E-state index contributed by atoms with van der Waals surface area (Å²) in [7, 11) is 0. The van der Waals surface area contributed by atoms with Crippen LogP contribution in [-0.2, 0) is 19.1 Å². The molecule has 4 heteroatoms. The van der Waals surface area contributed by atoms with Gasteiger partial charge in [0, 0.05) is 13.8 Å². The van der Waals surface area contributed by atoms with Gasteiger partial charge in [0.2, 0.25) is 0 Å². The first-order chi connectivity index (χ1) is 10.8. The van der Waals surface area contributed by atoms with Crippen molar-refractivity contribution in [3.8, 4) is 0 Å². The molecule has 23 heavy (non-hydrogen) atoms. The Hall–Kier alpha value is -1.84. The van der Waals surface area contributed by atoms with Crippen molar-refractivity contribution < 1.29 is 19.1 Å². The first-order valence-corrected chi connectivity index (χ1v) is 8.05. The maximum Gasteiger partial charge on any atom is 0.302 e. The number of hydrogen-bond acceptors (Lipinski definition) is 4. The van der Waals surface area contributed by atoms with Crippen molar-refractivity contribution >= 4 is 11.9 Å². The van der Waals surface area contributed by atoms with Gasteiger partial charge in [-0.15, -0.1) is 0 Å². The summed E-state index contributed by atoms with van der Waals surface area (Å²) in [6.45, 7) is 9.72. The minimum atomic E-state index is -0.248. The van der Waals surface area contributed by atoms with Gasteiger partial charge < -0.3 is 9.47 Å². The van der Waals surface area contributed by atoms with Crippen LogP contribution in [0.3, 0.4) is 0 Å². The normalized spacial score (nSPS) is 13.0. The summed E-state index contributed by atoms with van der Waals surface area (Å²) in [6.07, 6.45) is 10.2. The van der Waals surface area contributed by atoms with Crippen LogP contribution >= 0.6 is 0 Å². The molecule has 0 aliphatic rings. The van der Waals surface area contributed by atoms with Gasteiger partial charge in [0.1, 0.15) is 13.2 Å². The van der Waals surface area contributed by atoms with E-state index in [1.165, 1.54) is 25.0 Å². The zero-order chi connectivity index (χ0) is 17.7. The zero-order valence-corrected chi connectivity index (χ0v) is 15.1. The summed E-state index contributed by atoms with van der Waals surface area (Å²) in [4.78, 5) is 21.4. The maximum absolute atomic E-state index is 10.7. The minimum Gasteiger partial charge on any atom is -0.462 e. The van der Waals surface area contributed by atoms with E-state index in [9.17, 15) is 9.59 Å². The lowest BCUT2D eigenvalue weighted by Gasteiger charge is -2.03. The van der Waals surface area contributed by atoms with E-state index in [2.05, 4.69) is 19.1 Å². The van der Waals surface area contributed by atoms with Crippen LogP contribution in [0, 0.1) is 0 Å². The molecular formula is C19H30O4. The van der Waals surface area contributed by atoms with Gasteiger partial charge in [-0.3, -0.25) is 9.59 Å². The predicted octanol–water partition coefficient (Wildman–Crippen LogP) is 4.51. The molecule has 0 fully saturated rings. The monoisotopic (exact) mass is 322 g/mol. The summed E-state index contributed by atoms with van der Waals surface area (Å²) in [6, 6.07) is 0. The molecular weight excluding hydrogens is 292 g/mol. The van der Waals surface area contributed by atoms with E-state index in [0.717, 1.165) is 31.3 Å². The van der Waals surface area contributed by atoms with Crippen molar-refractivity contribution in [2.45, 2.75) is 60.3 Å². The van der Waals surface area contributed by atoms with E-state index in [-0.39, 0.29) is 11.9 Å². The van der Waals surface area contributed by atoms with Crippen LogP contribution in [0.5, 0.6) is 0 Å². The largest absolute Gasteiger partial charge is 0.462 e. The van der Waals surface area contributed by atoms with E-state index in [1.807, 2.05) is 19.9 Å². The van der Waals surface area contributed by atoms with Gasteiger partial charge in [-0.05, 0) is 58.1 Å². The molecule has 0 N–H and O–H groups in total. The van der Waals surface area contributed by atoms with E-state index in [0.29, 0.717) is 13.2 Å². The van der Waals surface area contributed by atoms with Crippen molar-refractivity contribution in [3.05, 3.63) is 34.9 Å². The Morgan fingerprint density at radius 1 is 0.696 bits per heavy atom. The van der Waals surface area contributed by atoms with Crippen LogP contribution in [0.1, 0.15) is 60.3 Å². The van der Waals surface area contributed by atoms with Gasteiger partial charge in [0.25, 0.3) is 0 Å². The molecule has 0 saturated carbocycles. The van der Waals surface area contributed by atoms with Gasteiger partial charge >= 0.3 is 11.9 Å². The van der Waals surface area contributed by atoms with Crippen LogP contribution in [0.15, 0.2) is 34.9 Å². The quantitative estimate of drug-likeness (QED) is 0.438. The summed E-state index contributed by atoms with van der Waals surface area (Å²) in [5.74, 6) is -0.493. The fourth-order valence-corrected chi connectivity index (χ4v) is 1.87. The summed E-state index contributed by atoms with van der Waals surface area (Å²) >= 11 is 0. The number of esters is 2. The van der Waals surface area contributed by atoms with E-state index in [1.54, 1.807) is 0 Å². The zero-order valence-electron chi connectivity index (χ0n) is 15.1. The Bertz CT molecular complexity index is 470. The molecule has 0 atom stereocenters. The number of rotatable bonds is 10. The molecule has 0 aromatic carbocycles. The standard InChI is InChI=1S/C19H30O4/c1-15(9-7-11-17(3)14-23-19(5)21)8-6-10-16(2)12-13-22-18(4)20/h8,11-12H,6-7,9-10,13-14H2,1-5H3/b15-8+,16-12+,17-11+. The summed E-state index contributed by atoms with van der Waals surface area (Å²) in [5, 5.41) is 0. The van der Waals surface area contributed by atoms with Crippen molar-refractivity contribution in [2.24, 2.45) is 0 Å². The number of hydrogen-bond donors (Lipinski definition) is 0. The molecule has 0 aliphatic carbocycles. The molecule has 0 aromatic rings. The third-order valence-electron chi connectivity index (χ3n) is 3.28. The number of allylic oxidation sites excluding steroid dienone is 4. The van der Waals surface area contributed by atoms with Crippen LogP contribution in [0.25, 0.3) is 0 Å². The van der Waals surface area contributed by atoms with Crippen LogP contribution in [-0.4, -0.2) is 25.2 Å². The SMILES string of the molecule is CC(=O)OC/C=C(\C)CC/C=C(\C)CC/C=C(\C)COC(C)=O. The van der Waals surface area contributed by atoms with Gasteiger partial charge in [-0.1, -0.05) is 23.3 Å². The number of carbonyl (C=O) groups is 2. The maximum atomic E-state index is 10.7. The molecule has 0 heterocycles. The molecule has 0 saturated heterocycles. The predicted molar refractivity (Wildman–Crippen MR) is 93.0 cm³/mol. The highest BCUT2D eigenvalue weighted by molar-refractivity contribution is 5.66. The highest BCUT2D eigenvalue weighted by atomic mass is 16.5. The molecule has 0 aliphatic heterocycles. The Labute approximate surface area is 140 Å². The lowest BCUT2D eigenvalue weighted by Crippen LogP contribution is -2.01. The molecule has 0 amide bonds. The fraction of sp³-hybridized carbons (Fsp3) is 0.579. The molecule has 4 nitrogen and oxygen atoms in total. The topological polar surface area (TPSA) is 52.6 Å². The Balaban J connectivity index is 3.96. The highest BCUT2D eigenvalue weighted by Crippen LogP contribution is 2.11. The van der Waals surface area contributed by atoms with Gasteiger partial charge in [-0.2, -0.15) is 0 Å². The van der Waals surface area contributed by atoms with Crippen molar-refractivity contribution in [3.63, 3.8) is 0 Å². The lowest BCUT2D eigenvalue weighted by atomic mass is 10.1. The number of ether oxygens (including phenoxy) is 2. The van der Waals surface area contributed by atoms with Gasteiger partial charge in [0.05, 0.1) is 0 Å². The molecule has 0 unspecified atom stereocenters. The second-order valence-electron chi connectivity index (χ2n) is 5.81. The molecule has 0 rings (SSSR count). The van der Waals surface area contributed by atoms with E-state index in [4.69, 9.17) is 9.47 Å². The highest BCUT2D eigenvalue weighted by Gasteiger charge is 1.96. The molecule has 0 bridgehead atoms. The minimum absolute atomic E-state index is 0.244. The summed E-state index contributed by atoms with van der Waals surface area (Å²) < 4.78 is 9.82. The van der Waals surface area contributed by atoms with Gasteiger partial charge in [-0.25, -0.2) is 0 Å². The Kier molecular flexibility index (Phi) is 11.7. The average molecular weight is 322 g/mol. The first kappa shape index (κ1) is 21.2. The molecule has 0 spiro atoms. The smallest absolute Gasteiger partial charge is 0.302 e. The van der Waals surface area contributed by atoms with Crippen LogP contribution in [0.4, 0.5) is 0 Å². The Morgan fingerprint density at radius 2 is 1.17 bits per heavy atom. The summed E-state index contributed by atoms with van der Waals surface area (Å²) in [5.41, 5.74) is 3.67.